The highest BCUT2D eigenvalue weighted by Gasteiger charge is 2.29. The fourth-order valence-corrected chi connectivity index (χ4v) is 3.71. The Morgan fingerprint density at radius 2 is 1.67 bits per heavy atom. The third-order valence-electron chi connectivity index (χ3n) is 5.45. The lowest BCUT2D eigenvalue weighted by molar-refractivity contribution is 0.251. The average molecular weight is 441 g/mol. The Bertz CT molecular complexity index is 1180. The standard InChI is InChI=1S/C23H23N9O/c33-16-20-15-30(10-11-32(20)23-25-6-1-7-26-23)22-28-13-19(14-29-22)3-2-18-4-5-21(27-12-18)31-9-8-24-17-31/h1-9,12-14,17,20,33H,10-11,15-16H2/b3-2+. The van der Waals surface area contributed by atoms with Gasteiger partial charge in [0.1, 0.15) is 12.1 Å². The highest BCUT2D eigenvalue weighted by Crippen LogP contribution is 2.19. The van der Waals surface area contributed by atoms with E-state index in [1.54, 1.807) is 43.4 Å². The molecule has 0 aromatic carbocycles. The lowest BCUT2D eigenvalue weighted by Gasteiger charge is -2.40. The first-order valence-corrected chi connectivity index (χ1v) is 10.6. The lowest BCUT2D eigenvalue weighted by Crippen LogP contribution is -2.56. The molecular weight excluding hydrogens is 418 g/mol. The van der Waals surface area contributed by atoms with Crippen molar-refractivity contribution in [1.82, 2.24) is 34.5 Å². The van der Waals surface area contributed by atoms with Gasteiger partial charge in [-0.3, -0.25) is 4.57 Å². The Morgan fingerprint density at radius 3 is 2.36 bits per heavy atom. The van der Waals surface area contributed by atoms with Crippen LogP contribution in [0.15, 0.2) is 67.9 Å². The Balaban J connectivity index is 1.22. The third kappa shape index (κ3) is 4.70. The molecule has 1 aliphatic heterocycles. The highest BCUT2D eigenvalue weighted by atomic mass is 16.3. The molecule has 0 bridgehead atoms. The van der Waals surface area contributed by atoms with E-state index in [1.165, 1.54) is 0 Å². The molecule has 1 aliphatic rings. The van der Waals surface area contributed by atoms with Gasteiger partial charge in [0.15, 0.2) is 0 Å². The van der Waals surface area contributed by atoms with Gasteiger partial charge in [-0.05, 0) is 23.8 Å². The summed E-state index contributed by atoms with van der Waals surface area (Å²) in [7, 11) is 0. The van der Waals surface area contributed by atoms with E-state index in [9.17, 15) is 5.11 Å². The van der Waals surface area contributed by atoms with E-state index in [2.05, 4.69) is 34.8 Å². The summed E-state index contributed by atoms with van der Waals surface area (Å²) in [6.45, 7) is 2.00. The summed E-state index contributed by atoms with van der Waals surface area (Å²) in [6, 6.07) is 5.60. The molecule has 5 rings (SSSR count). The van der Waals surface area contributed by atoms with E-state index < -0.39 is 0 Å². The number of aliphatic hydroxyl groups excluding tert-OH is 1. The second kappa shape index (κ2) is 9.53. The fraction of sp³-hybridized carbons (Fsp3) is 0.217. The molecule has 33 heavy (non-hydrogen) atoms. The van der Waals surface area contributed by atoms with E-state index in [1.807, 2.05) is 46.1 Å². The van der Waals surface area contributed by atoms with E-state index in [0.717, 1.165) is 23.5 Å². The maximum atomic E-state index is 9.90. The minimum Gasteiger partial charge on any atom is -0.394 e. The smallest absolute Gasteiger partial charge is 0.225 e. The van der Waals surface area contributed by atoms with Gasteiger partial charge < -0.3 is 14.9 Å². The monoisotopic (exact) mass is 441 g/mol. The van der Waals surface area contributed by atoms with Crippen molar-refractivity contribution in [2.24, 2.45) is 0 Å². The van der Waals surface area contributed by atoms with Crippen molar-refractivity contribution in [2.75, 3.05) is 36.0 Å². The van der Waals surface area contributed by atoms with E-state index >= 15 is 0 Å². The maximum absolute atomic E-state index is 9.90. The quantitative estimate of drug-likeness (QED) is 0.478. The van der Waals surface area contributed by atoms with Crippen molar-refractivity contribution in [3.8, 4) is 5.82 Å². The summed E-state index contributed by atoms with van der Waals surface area (Å²) >= 11 is 0. The van der Waals surface area contributed by atoms with Gasteiger partial charge in [0, 0.05) is 68.6 Å². The van der Waals surface area contributed by atoms with Crippen LogP contribution in [0, 0.1) is 0 Å². The van der Waals surface area contributed by atoms with Gasteiger partial charge in [0.05, 0.1) is 12.6 Å². The van der Waals surface area contributed by atoms with Crippen LogP contribution < -0.4 is 9.80 Å². The highest BCUT2D eigenvalue weighted by molar-refractivity contribution is 5.68. The number of imidazole rings is 1. The molecule has 10 nitrogen and oxygen atoms in total. The van der Waals surface area contributed by atoms with Gasteiger partial charge in [-0.2, -0.15) is 0 Å². The summed E-state index contributed by atoms with van der Waals surface area (Å²) in [5.74, 6) is 2.09. The van der Waals surface area contributed by atoms with Gasteiger partial charge in [0.25, 0.3) is 0 Å². The topological polar surface area (TPSA) is 109 Å². The summed E-state index contributed by atoms with van der Waals surface area (Å²) in [5, 5.41) is 9.90. The first kappa shape index (κ1) is 20.7. The molecule has 0 saturated carbocycles. The molecular formula is C23H23N9O. The van der Waals surface area contributed by atoms with Crippen LogP contribution in [0.2, 0.25) is 0 Å². The van der Waals surface area contributed by atoms with Gasteiger partial charge in [-0.1, -0.05) is 12.2 Å². The Hall–Kier alpha value is -4.18. The van der Waals surface area contributed by atoms with Crippen molar-refractivity contribution in [2.45, 2.75) is 6.04 Å². The maximum Gasteiger partial charge on any atom is 0.225 e. The summed E-state index contributed by atoms with van der Waals surface area (Å²) in [4.78, 5) is 30.3. The van der Waals surface area contributed by atoms with Gasteiger partial charge in [-0.25, -0.2) is 29.9 Å². The van der Waals surface area contributed by atoms with Crippen LogP contribution in [0.1, 0.15) is 11.1 Å². The number of hydrogen-bond donors (Lipinski definition) is 1. The normalized spacial score (nSPS) is 16.5. The minimum absolute atomic E-state index is 0.00322. The molecule has 1 unspecified atom stereocenters. The molecule has 4 aromatic rings. The SMILES string of the molecule is OCC1CN(c2ncc(/C=C/c3ccc(-n4ccnc4)nc3)cn2)CCN1c1ncccn1. The van der Waals surface area contributed by atoms with Crippen molar-refractivity contribution >= 4 is 24.0 Å². The van der Waals surface area contributed by atoms with E-state index in [-0.39, 0.29) is 12.6 Å². The molecule has 0 radical (unpaired) electrons. The number of piperazine rings is 1. The van der Waals surface area contributed by atoms with Crippen molar-refractivity contribution in [1.29, 1.82) is 0 Å². The zero-order chi connectivity index (χ0) is 22.5. The number of nitrogens with zero attached hydrogens (tertiary/aromatic N) is 9. The first-order valence-electron chi connectivity index (χ1n) is 10.6. The molecule has 0 spiro atoms. The number of hydrogen-bond acceptors (Lipinski definition) is 9. The van der Waals surface area contributed by atoms with E-state index in [4.69, 9.17) is 0 Å². The first-order chi connectivity index (χ1) is 16.3. The molecule has 0 amide bonds. The average Bonchev–Trinajstić information content (AvgIpc) is 3.43. The lowest BCUT2D eigenvalue weighted by atomic mass is 10.2. The molecule has 4 aromatic heterocycles. The van der Waals surface area contributed by atoms with Crippen LogP contribution in [0.4, 0.5) is 11.9 Å². The van der Waals surface area contributed by atoms with Crippen LogP contribution in [-0.2, 0) is 0 Å². The van der Waals surface area contributed by atoms with Crippen LogP contribution in [0.5, 0.6) is 0 Å². The Labute approximate surface area is 191 Å². The molecule has 0 aliphatic carbocycles. The molecule has 5 heterocycles. The van der Waals surface area contributed by atoms with Crippen LogP contribution in [-0.4, -0.2) is 71.9 Å². The van der Waals surface area contributed by atoms with E-state index in [0.29, 0.717) is 25.0 Å². The number of pyridine rings is 1. The summed E-state index contributed by atoms with van der Waals surface area (Å²) < 4.78 is 1.86. The second-order valence-corrected chi connectivity index (χ2v) is 7.59. The van der Waals surface area contributed by atoms with Gasteiger partial charge >= 0.3 is 0 Å². The molecule has 1 fully saturated rings. The second-order valence-electron chi connectivity index (χ2n) is 7.59. The number of anilines is 2. The Kier molecular flexibility index (Phi) is 5.98. The summed E-state index contributed by atoms with van der Waals surface area (Å²) in [5.41, 5.74) is 1.88. The van der Waals surface area contributed by atoms with Crippen molar-refractivity contribution < 1.29 is 5.11 Å². The number of rotatable bonds is 6. The number of aliphatic hydroxyl groups is 1. The van der Waals surface area contributed by atoms with Gasteiger partial charge in [0.2, 0.25) is 11.9 Å². The summed E-state index contributed by atoms with van der Waals surface area (Å²) in [6.07, 6.45) is 18.1. The fourth-order valence-electron chi connectivity index (χ4n) is 3.71. The molecule has 1 atom stereocenters. The predicted molar refractivity (Wildman–Crippen MR) is 125 cm³/mol. The molecule has 10 heteroatoms. The Morgan fingerprint density at radius 1 is 0.879 bits per heavy atom. The molecule has 166 valence electrons. The van der Waals surface area contributed by atoms with Crippen LogP contribution >= 0.6 is 0 Å². The van der Waals surface area contributed by atoms with Crippen LogP contribution in [0.3, 0.4) is 0 Å². The zero-order valence-corrected chi connectivity index (χ0v) is 17.9. The van der Waals surface area contributed by atoms with Gasteiger partial charge in [-0.15, -0.1) is 0 Å². The number of aromatic nitrogens is 7. The molecule has 1 N–H and O–H groups in total. The minimum atomic E-state index is -0.123. The predicted octanol–water partition coefficient (Wildman–Crippen LogP) is 1.71. The third-order valence-corrected chi connectivity index (χ3v) is 5.45. The molecule has 1 saturated heterocycles. The van der Waals surface area contributed by atoms with Crippen molar-refractivity contribution in [3.63, 3.8) is 0 Å². The largest absolute Gasteiger partial charge is 0.394 e. The zero-order valence-electron chi connectivity index (χ0n) is 17.9. The van der Waals surface area contributed by atoms with Crippen molar-refractivity contribution in [3.05, 3.63) is 79.0 Å². The van der Waals surface area contributed by atoms with Crippen LogP contribution in [0.25, 0.3) is 18.0 Å².